The van der Waals surface area contributed by atoms with Crippen LogP contribution in [-0.4, -0.2) is 31.2 Å². The van der Waals surface area contributed by atoms with Gasteiger partial charge in [-0.3, -0.25) is 4.79 Å². The third-order valence-corrected chi connectivity index (χ3v) is 2.99. The molecule has 0 amide bonds. The van der Waals surface area contributed by atoms with Crippen molar-refractivity contribution in [2.75, 3.05) is 20.3 Å². The number of aromatic hydroxyl groups is 1. The van der Waals surface area contributed by atoms with Crippen LogP contribution in [0.2, 0.25) is 0 Å². The predicted molar refractivity (Wildman–Crippen MR) is 85.3 cm³/mol. The van der Waals surface area contributed by atoms with E-state index in [1.807, 2.05) is 6.07 Å². The Balaban J connectivity index is 1.97. The van der Waals surface area contributed by atoms with Gasteiger partial charge in [0, 0.05) is 12.7 Å². The van der Waals surface area contributed by atoms with E-state index >= 15 is 0 Å². The maximum Gasteiger partial charge on any atom is 0.185 e. The summed E-state index contributed by atoms with van der Waals surface area (Å²) in [5.74, 6) is 0.768. The fraction of sp³-hybridized carbons (Fsp3) is 0.167. The zero-order chi connectivity index (χ0) is 15.8. The minimum absolute atomic E-state index is 0.105. The molecule has 4 heteroatoms. The smallest absolute Gasteiger partial charge is 0.185 e. The molecule has 0 spiro atoms. The van der Waals surface area contributed by atoms with Crippen molar-refractivity contribution >= 4 is 11.9 Å². The Bertz CT molecular complexity index is 644. The molecular formula is C18H18O4. The van der Waals surface area contributed by atoms with Crippen molar-refractivity contribution in [1.29, 1.82) is 0 Å². The molecule has 1 N–H and O–H groups in total. The van der Waals surface area contributed by atoms with Crippen LogP contribution in [0, 0.1) is 0 Å². The molecule has 0 heterocycles. The van der Waals surface area contributed by atoms with Gasteiger partial charge in [-0.2, -0.15) is 0 Å². The minimum Gasteiger partial charge on any atom is -0.508 e. The molecular weight excluding hydrogens is 280 g/mol. The van der Waals surface area contributed by atoms with Gasteiger partial charge in [-0.1, -0.05) is 18.2 Å². The molecule has 4 nitrogen and oxygen atoms in total. The quantitative estimate of drug-likeness (QED) is 0.484. The van der Waals surface area contributed by atoms with Crippen LogP contribution in [0.5, 0.6) is 11.5 Å². The van der Waals surface area contributed by atoms with Gasteiger partial charge in [0.15, 0.2) is 5.78 Å². The highest BCUT2D eigenvalue weighted by Crippen LogP contribution is 2.15. The Kier molecular flexibility index (Phi) is 5.74. The monoisotopic (exact) mass is 298 g/mol. The average molecular weight is 298 g/mol. The highest BCUT2D eigenvalue weighted by Gasteiger charge is 2.02. The lowest BCUT2D eigenvalue weighted by atomic mass is 10.1. The van der Waals surface area contributed by atoms with Gasteiger partial charge < -0.3 is 14.6 Å². The molecule has 0 bridgehead atoms. The first-order chi connectivity index (χ1) is 10.7. The van der Waals surface area contributed by atoms with Crippen LogP contribution < -0.4 is 4.74 Å². The zero-order valence-corrected chi connectivity index (χ0v) is 12.4. The van der Waals surface area contributed by atoms with E-state index in [2.05, 4.69) is 0 Å². The summed E-state index contributed by atoms with van der Waals surface area (Å²) < 4.78 is 10.3. The molecule has 2 aromatic carbocycles. The molecule has 22 heavy (non-hydrogen) atoms. The van der Waals surface area contributed by atoms with Crippen LogP contribution in [0.3, 0.4) is 0 Å². The molecule has 2 aromatic rings. The third-order valence-electron chi connectivity index (χ3n) is 2.99. The number of ether oxygens (including phenoxy) is 2. The standard InChI is InChI=1S/C18H18O4/c1-21-11-12-22-17-8-6-15(7-9-17)18(20)10-5-14-3-2-4-16(19)13-14/h2-10,13,19H,11-12H2,1H3/b10-5-. The van der Waals surface area contributed by atoms with Crippen LogP contribution >= 0.6 is 0 Å². The van der Waals surface area contributed by atoms with Gasteiger partial charge in [0.2, 0.25) is 0 Å². The fourth-order valence-corrected chi connectivity index (χ4v) is 1.85. The number of hydrogen-bond donors (Lipinski definition) is 1. The van der Waals surface area contributed by atoms with Gasteiger partial charge in [0.05, 0.1) is 6.61 Å². The molecule has 0 saturated heterocycles. The average Bonchev–Trinajstić information content (AvgIpc) is 2.54. The van der Waals surface area contributed by atoms with E-state index in [1.165, 1.54) is 6.08 Å². The second-order valence-electron chi connectivity index (χ2n) is 4.66. The molecule has 0 fully saturated rings. The van der Waals surface area contributed by atoms with E-state index in [-0.39, 0.29) is 11.5 Å². The molecule has 2 rings (SSSR count). The molecule has 0 unspecified atom stereocenters. The summed E-state index contributed by atoms with van der Waals surface area (Å²) in [5.41, 5.74) is 1.35. The maximum atomic E-state index is 12.1. The zero-order valence-electron chi connectivity index (χ0n) is 12.4. The Morgan fingerprint density at radius 2 is 1.91 bits per heavy atom. The van der Waals surface area contributed by atoms with Gasteiger partial charge in [-0.15, -0.1) is 0 Å². The number of phenolic OH excluding ortho intramolecular Hbond substituents is 1. The van der Waals surface area contributed by atoms with Gasteiger partial charge >= 0.3 is 0 Å². The number of carbonyl (C=O) groups is 1. The van der Waals surface area contributed by atoms with Crippen molar-refractivity contribution in [3.63, 3.8) is 0 Å². The van der Waals surface area contributed by atoms with Crippen molar-refractivity contribution in [2.45, 2.75) is 0 Å². The van der Waals surface area contributed by atoms with Crippen LogP contribution in [0.1, 0.15) is 15.9 Å². The van der Waals surface area contributed by atoms with Crippen molar-refractivity contribution in [1.82, 2.24) is 0 Å². The molecule has 0 aliphatic rings. The van der Waals surface area contributed by atoms with Crippen molar-refractivity contribution < 1.29 is 19.4 Å². The molecule has 0 aliphatic carbocycles. The van der Waals surface area contributed by atoms with Gasteiger partial charge in [0.25, 0.3) is 0 Å². The van der Waals surface area contributed by atoms with E-state index in [4.69, 9.17) is 9.47 Å². The molecule has 114 valence electrons. The van der Waals surface area contributed by atoms with E-state index in [1.54, 1.807) is 55.7 Å². The van der Waals surface area contributed by atoms with Gasteiger partial charge in [0.1, 0.15) is 18.1 Å². The first kappa shape index (κ1) is 15.8. The number of hydrogen-bond acceptors (Lipinski definition) is 4. The molecule has 0 saturated carbocycles. The molecule has 0 aromatic heterocycles. The van der Waals surface area contributed by atoms with E-state index in [0.29, 0.717) is 24.5 Å². The van der Waals surface area contributed by atoms with Gasteiger partial charge in [-0.05, 0) is 48.0 Å². The number of rotatable bonds is 7. The predicted octanol–water partition coefficient (Wildman–Crippen LogP) is 3.31. The second-order valence-corrected chi connectivity index (χ2v) is 4.66. The van der Waals surface area contributed by atoms with Gasteiger partial charge in [-0.25, -0.2) is 0 Å². The van der Waals surface area contributed by atoms with Crippen LogP contribution in [0.25, 0.3) is 6.08 Å². The van der Waals surface area contributed by atoms with Crippen molar-refractivity contribution in [3.05, 3.63) is 65.7 Å². The Hall–Kier alpha value is -2.59. The Morgan fingerprint density at radius 1 is 1.14 bits per heavy atom. The van der Waals surface area contributed by atoms with Crippen LogP contribution in [0.4, 0.5) is 0 Å². The lowest BCUT2D eigenvalue weighted by Crippen LogP contribution is -2.04. The number of ketones is 1. The Morgan fingerprint density at radius 3 is 2.59 bits per heavy atom. The fourth-order valence-electron chi connectivity index (χ4n) is 1.85. The van der Waals surface area contributed by atoms with E-state index in [9.17, 15) is 9.90 Å². The van der Waals surface area contributed by atoms with Crippen LogP contribution in [-0.2, 0) is 4.74 Å². The second kappa shape index (κ2) is 8.00. The summed E-state index contributed by atoms with van der Waals surface area (Å²) in [7, 11) is 1.62. The number of methoxy groups -OCH3 is 1. The highest BCUT2D eigenvalue weighted by atomic mass is 16.5. The topological polar surface area (TPSA) is 55.8 Å². The number of phenols is 1. The molecule has 0 atom stereocenters. The number of benzene rings is 2. The lowest BCUT2D eigenvalue weighted by molar-refractivity contribution is 0.104. The van der Waals surface area contributed by atoms with E-state index < -0.39 is 0 Å². The number of carbonyl (C=O) groups excluding carboxylic acids is 1. The maximum absolute atomic E-state index is 12.1. The molecule has 0 aliphatic heterocycles. The summed E-state index contributed by atoms with van der Waals surface area (Å²) >= 11 is 0. The Labute approximate surface area is 129 Å². The van der Waals surface area contributed by atoms with Crippen molar-refractivity contribution in [2.24, 2.45) is 0 Å². The molecule has 0 radical (unpaired) electrons. The first-order valence-electron chi connectivity index (χ1n) is 6.92. The summed E-state index contributed by atoms with van der Waals surface area (Å²) in [6, 6.07) is 13.7. The normalized spacial score (nSPS) is 10.8. The largest absolute Gasteiger partial charge is 0.508 e. The lowest BCUT2D eigenvalue weighted by Gasteiger charge is -2.05. The summed E-state index contributed by atoms with van der Waals surface area (Å²) in [6.45, 7) is 0.995. The minimum atomic E-state index is -0.105. The SMILES string of the molecule is COCCOc1ccc(C(=O)/C=C\c2cccc(O)c2)cc1. The first-order valence-corrected chi connectivity index (χ1v) is 6.92. The highest BCUT2D eigenvalue weighted by molar-refractivity contribution is 6.06. The summed E-state index contributed by atoms with van der Waals surface area (Å²) in [6.07, 6.45) is 3.15. The summed E-state index contributed by atoms with van der Waals surface area (Å²) in [5, 5.41) is 9.37. The van der Waals surface area contributed by atoms with Crippen molar-refractivity contribution in [3.8, 4) is 11.5 Å². The summed E-state index contributed by atoms with van der Waals surface area (Å²) in [4.78, 5) is 12.1. The van der Waals surface area contributed by atoms with E-state index in [0.717, 1.165) is 5.56 Å². The number of allylic oxidation sites excluding steroid dienone is 1. The van der Waals surface area contributed by atoms with Crippen LogP contribution in [0.15, 0.2) is 54.6 Å². The third kappa shape index (κ3) is 4.75.